The zero-order valence-corrected chi connectivity index (χ0v) is 9.82. The van der Waals surface area contributed by atoms with Crippen molar-refractivity contribution in [3.8, 4) is 0 Å². The van der Waals surface area contributed by atoms with Crippen molar-refractivity contribution in [2.24, 2.45) is 5.10 Å². The fourth-order valence-corrected chi connectivity index (χ4v) is 1.24. The molecule has 8 heteroatoms. The molecule has 0 bridgehead atoms. The fraction of sp³-hybridized carbons (Fsp3) is 0.0909. The molecule has 0 saturated carbocycles. The summed E-state index contributed by atoms with van der Waals surface area (Å²) in [5, 5.41) is 10.7. The predicted octanol–water partition coefficient (Wildman–Crippen LogP) is 1.20. The van der Waals surface area contributed by atoms with Gasteiger partial charge in [0.2, 0.25) is 5.95 Å². The van der Waals surface area contributed by atoms with E-state index in [1.165, 1.54) is 13.0 Å². The summed E-state index contributed by atoms with van der Waals surface area (Å²) >= 11 is 0. The topological polar surface area (TPSA) is 83.0 Å². The molecule has 1 aromatic heterocycles. The molecule has 0 saturated heterocycles. The summed E-state index contributed by atoms with van der Waals surface area (Å²) in [4.78, 5) is 13.6. The summed E-state index contributed by atoms with van der Waals surface area (Å²) in [6.07, 6.45) is 0.949. The first kappa shape index (κ1) is 12.8. The molecule has 2 rings (SSSR count). The minimum atomic E-state index is -0.742. The number of hydrogen-bond donors (Lipinski definition) is 2. The first-order chi connectivity index (χ1) is 9.08. The van der Waals surface area contributed by atoms with Gasteiger partial charge in [0, 0.05) is 0 Å². The van der Waals surface area contributed by atoms with Crippen molar-refractivity contribution in [1.82, 2.24) is 15.2 Å². The van der Waals surface area contributed by atoms with Crippen LogP contribution in [-0.4, -0.2) is 21.4 Å². The molecule has 0 spiro atoms. The molecule has 0 radical (unpaired) electrons. The maximum absolute atomic E-state index is 13.2. The van der Waals surface area contributed by atoms with E-state index < -0.39 is 17.2 Å². The van der Waals surface area contributed by atoms with Crippen LogP contribution in [0, 0.1) is 18.6 Å². The van der Waals surface area contributed by atoms with Gasteiger partial charge in [-0.3, -0.25) is 9.78 Å². The molecular formula is C11H9F2N5O. The van der Waals surface area contributed by atoms with Crippen LogP contribution in [0.1, 0.15) is 11.3 Å². The van der Waals surface area contributed by atoms with Gasteiger partial charge >= 0.3 is 0 Å². The summed E-state index contributed by atoms with van der Waals surface area (Å²) in [7, 11) is 0. The molecule has 0 aliphatic heterocycles. The maximum Gasteiger partial charge on any atom is 0.274 e. The molecule has 1 aromatic carbocycles. The van der Waals surface area contributed by atoms with Gasteiger partial charge in [-0.1, -0.05) is 6.07 Å². The Bertz CT molecular complexity index is 663. The summed E-state index contributed by atoms with van der Waals surface area (Å²) in [6.45, 7) is 1.49. The highest BCUT2D eigenvalue weighted by Gasteiger charge is 2.05. The monoisotopic (exact) mass is 265 g/mol. The van der Waals surface area contributed by atoms with Gasteiger partial charge in [-0.05, 0) is 19.1 Å². The van der Waals surface area contributed by atoms with Crippen LogP contribution >= 0.6 is 0 Å². The number of nitrogens with zero attached hydrogens (tertiary/aromatic N) is 3. The molecule has 0 fully saturated rings. The molecule has 0 amide bonds. The number of H-pyrrole nitrogens is 1. The van der Waals surface area contributed by atoms with Crippen molar-refractivity contribution < 1.29 is 8.78 Å². The Morgan fingerprint density at radius 3 is 2.63 bits per heavy atom. The molecular weight excluding hydrogens is 256 g/mol. The summed E-state index contributed by atoms with van der Waals surface area (Å²) in [6, 6.07) is 3.47. The van der Waals surface area contributed by atoms with Crippen LogP contribution in [0.5, 0.6) is 0 Å². The number of hydrogen-bond acceptors (Lipinski definition) is 5. The van der Waals surface area contributed by atoms with Gasteiger partial charge < -0.3 is 0 Å². The first-order valence-corrected chi connectivity index (χ1v) is 5.24. The fourth-order valence-electron chi connectivity index (χ4n) is 1.24. The number of hydrazone groups is 1. The third-order valence-electron chi connectivity index (χ3n) is 2.22. The molecule has 6 nitrogen and oxygen atoms in total. The van der Waals surface area contributed by atoms with Crippen LogP contribution < -0.4 is 11.0 Å². The van der Waals surface area contributed by atoms with Crippen molar-refractivity contribution in [1.29, 1.82) is 0 Å². The molecule has 0 aliphatic rings. The van der Waals surface area contributed by atoms with Crippen LogP contribution in [-0.2, 0) is 0 Å². The Balaban J connectivity index is 2.16. The summed E-state index contributed by atoms with van der Waals surface area (Å²) < 4.78 is 26.5. The second kappa shape index (κ2) is 5.34. The smallest absolute Gasteiger partial charge is 0.274 e. The van der Waals surface area contributed by atoms with Gasteiger partial charge in [0.05, 0.1) is 11.8 Å². The summed E-state index contributed by atoms with van der Waals surface area (Å²) in [5.74, 6) is -1.51. The van der Waals surface area contributed by atoms with E-state index in [0.717, 1.165) is 18.3 Å². The van der Waals surface area contributed by atoms with Crippen molar-refractivity contribution >= 4 is 12.2 Å². The lowest BCUT2D eigenvalue weighted by atomic mass is 10.2. The van der Waals surface area contributed by atoms with Crippen LogP contribution in [0.25, 0.3) is 0 Å². The predicted molar refractivity (Wildman–Crippen MR) is 65.0 cm³/mol. The number of aromatic nitrogens is 3. The highest BCUT2D eigenvalue weighted by atomic mass is 19.1. The molecule has 0 aliphatic carbocycles. The molecule has 19 heavy (non-hydrogen) atoms. The largest absolute Gasteiger partial charge is 0.288 e. The lowest BCUT2D eigenvalue weighted by Crippen LogP contribution is -2.15. The van der Waals surface area contributed by atoms with Crippen LogP contribution in [0.15, 0.2) is 28.1 Å². The SMILES string of the molecule is Cc1nnc(N/N=C/c2c(F)cccc2F)[nH]c1=O. The van der Waals surface area contributed by atoms with E-state index in [4.69, 9.17) is 0 Å². The van der Waals surface area contributed by atoms with Gasteiger partial charge in [0.15, 0.2) is 0 Å². The van der Waals surface area contributed by atoms with E-state index in [1.807, 2.05) is 0 Å². The second-order valence-electron chi connectivity index (χ2n) is 3.59. The van der Waals surface area contributed by atoms with E-state index in [-0.39, 0.29) is 17.2 Å². The molecule has 1 heterocycles. The molecule has 0 unspecified atom stereocenters. The second-order valence-corrected chi connectivity index (χ2v) is 3.59. The number of rotatable bonds is 3. The third-order valence-corrected chi connectivity index (χ3v) is 2.22. The molecule has 98 valence electrons. The standard InChI is InChI=1S/C11H9F2N5O/c1-6-10(19)15-11(18-16-6)17-14-5-7-8(12)3-2-4-9(7)13/h2-5H,1H3,(H2,15,17,18,19)/b14-5+. The number of benzene rings is 1. The zero-order valence-electron chi connectivity index (χ0n) is 9.82. The van der Waals surface area contributed by atoms with E-state index in [9.17, 15) is 13.6 Å². The Labute approximate surface area is 106 Å². The number of nitrogens with one attached hydrogen (secondary N) is 2. The number of anilines is 1. The Hall–Kier alpha value is -2.64. The quantitative estimate of drug-likeness (QED) is 0.645. The maximum atomic E-state index is 13.2. The number of aryl methyl sites for hydroxylation is 1. The average molecular weight is 265 g/mol. The lowest BCUT2D eigenvalue weighted by Gasteiger charge is -1.99. The van der Waals surface area contributed by atoms with Crippen LogP contribution in [0.2, 0.25) is 0 Å². The molecule has 2 aromatic rings. The highest BCUT2D eigenvalue weighted by molar-refractivity contribution is 5.80. The van der Waals surface area contributed by atoms with Crippen molar-refractivity contribution in [2.75, 3.05) is 5.43 Å². The Kier molecular flexibility index (Phi) is 3.60. The van der Waals surface area contributed by atoms with E-state index in [1.54, 1.807) is 0 Å². The Morgan fingerprint density at radius 1 is 1.32 bits per heavy atom. The normalized spacial score (nSPS) is 10.9. The minimum absolute atomic E-state index is 0.0244. The van der Waals surface area contributed by atoms with Gasteiger partial charge in [-0.2, -0.15) is 5.10 Å². The van der Waals surface area contributed by atoms with E-state index in [2.05, 4.69) is 25.7 Å². The minimum Gasteiger partial charge on any atom is -0.288 e. The highest BCUT2D eigenvalue weighted by Crippen LogP contribution is 2.09. The van der Waals surface area contributed by atoms with E-state index >= 15 is 0 Å². The number of halogens is 2. The van der Waals surface area contributed by atoms with Gasteiger partial charge in [-0.15, -0.1) is 10.2 Å². The van der Waals surface area contributed by atoms with Gasteiger partial charge in [0.25, 0.3) is 5.56 Å². The first-order valence-electron chi connectivity index (χ1n) is 5.24. The van der Waals surface area contributed by atoms with Crippen molar-refractivity contribution in [3.05, 3.63) is 51.4 Å². The van der Waals surface area contributed by atoms with Gasteiger partial charge in [-0.25, -0.2) is 14.2 Å². The zero-order chi connectivity index (χ0) is 13.8. The van der Waals surface area contributed by atoms with Crippen molar-refractivity contribution in [3.63, 3.8) is 0 Å². The van der Waals surface area contributed by atoms with Crippen molar-refractivity contribution in [2.45, 2.75) is 6.92 Å². The lowest BCUT2D eigenvalue weighted by molar-refractivity contribution is 0.580. The van der Waals surface area contributed by atoms with Crippen LogP contribution in [0.4, 0.5) is 14.7 Å². The Morgan fingerprint density at radius 2 is 2.00 bits per heavy atom. The third kappa shape index (κ3) is 2.97. The summed E-state index contributed by atoms with van der Waals surface area (Å²) in [5.41, 5.74) is 1.81. The van der Waals surface area contributed by atoms with E-state index in [0.29, 0.717) is 0 Å². The average Bonchev–Trinajstić information content (AvgIpc) is 2.37. The molecule has 2 N–H and O–H groups in total. The van der Waals surface area contributed by atoms with Gasteiger partial charge in [0.1, 0.15) is 17.3 Å². The van der Waals surface area contributed by atoms with Crippen LogP contribution in [0.3, 0.4) is 0 Å². The number of aromatic amines is 1. The molecule has 0 atom stereocenters.